The molecule has 0 atom stereocenters. The van der Waals surface area contributed by atoms with E-state index >= 15 is 0 Å². The molecule has 0 spiro atoms. The topological polar surface area (TPSA) is 47.3 Å². The van der Waals surface area contributed by atoms with Gasteiger partial charge in [0.15, 0.2) is 0 Å². The summed E-state index contributed by atoms with van der Waals surface area (Å²) in [6, 6.07) is 7.54. The van der Waals surface area contributed by atoms with Crippen LogP contribution in [0.25, 0.3) is 0 Å². The van der Waals surface area contributed by atoms with E-state index in [1.54, 1.807) is 11.7 Å². The van der Waals surface area contributed by atoms with Gasteiger partial charge in [-0.3, -0.25) is 0 Å². The maximum atomic E-state index is 9.30. The summed E-state index contributed by atoms with van der Waals surface area (Å²) in [5, 5.41) is 13.5. The Morgan fingerprint density at radius 1 is 1.47 bits per heavy atom. The molecule has 1 heterocycles. The molecule has 0 saturated heterocycles. The molecule has 90 valence electrons. The molecular formula is C12H13BrN2O2. The summed E-state index contributed by atoms with van der Waals surface area (Å²) in [5.74, 6) is 1.28. The molecule has 1 N–H and O–H groups in total. The van der Waals surface area contributed by atoms with E-state index in [0.29, 0.717) is 17.2 Å². The van der Waals surface area contributed by atoms with Crippen molar-refractivity contribution in [1.82, 2.24) is 9.78 Å². The van der Waals surface area contributed by atoms with Crippen LogP contribution in [-0.2, 0) is 13.7 Å². The van der Waals surface area contributed by atoms with Crippen LogP contribution in [0.5, 0.6) is 11.6 Å². The fraction of sp³-hybridized carbons (Fsp3) is 0.250. The minimum atomic E-state index is -0.0803. The van der Waals surface area contributed by atoms with Gasteiger partial charge >= 0.3 is 0 Å². The zero-order chi connectivity index (χ0) is 12.4. The Morgan fingerprint density at radius 2 is 2.24 bits per heavy atom. The van der Waals surface area contributed by atoms with Gasteiger partial charge in [-0.1, -0.05) is 22.0 Å². The number of nitrogens with zero attached hydrogens (tertiary/aromatic N) is 2. The van der Waals surface area contributed by atoms with E-state index in [-0.39, 0.29) is 6.61 Å². The summed E-state index contributed by atoms with van der Waals surface area (Å²) in [4.78, 5) is 0. The zero-order valence-electron chi connectivity index (χ0n) is 9.64. The predicted octanol–water partition coefficient (Wildman–Crippen LogP) is 2.78. The number of rotatable bonds is 3. The first-order valence-electron chi connectivity index (χ1n) is 5.18. The normalized spacial score (nSPS) is 10.6. The third kappa shape index (κ3) is 2.50. The highest BCUT2D eigenvalue weighted by molar-refractivity contribution is 9.10. The number of aryl methyl sites for hydroxylation is 2. The second-order valence-electron chi connectivity index (χ2n) is 3.71. The van der Waals surface area contributed by atoms with Crippen LogP contribution in [0.3, 0.4) is 0 Å². The predicted molar refractivity (Wildman–Crippen MR) is 68.1 cm³/mol. The molecule has 1 aromatic heterocycles. The minimum Gasteiger partial charge on any atom is -0.439 e. The highest BCUT2D eigenvalue weighted by atomic mass is 79.9. The Kier molecular flexibility index (Phi) is 3.49. The van der Waals surface area contributed by atoms with E-state index in [1.165, 1.54) is 0 Å². The Bertz CT molecular complexity index is 537. The number of halogens is 1. The van der Waals surface area contributed by atoms with E-state index in [9.17, 15) is 5.11 Å². The van der Waals surface area contributed by atoms with Crippen molar-refractivity contribution < 1.29 is 9.84 Å². The molecule has 0 aliphatic rings. The van der Waals surface area contributed by atoms with Gasteiger partial charge in [0.2, 0.25) is 5.88 Å². The van der Waals surface area contributed by atoms with Crippen molar-refractivity contribution in [3.8, 4) is 11.6 Å². The number of ether oxygens (including phenoxy) is 1. The summed E-state index contributed by atoms with van der Waals surface area (Å²) in [6.45, 7) is 1.77. The van der Waals surface area contributed by atoms with Gasteiger partial charge in [0.25, 0.3) is 0 Å². The van der Waals surface area contributed by atoms with Gasteiger partial charge in [-0.2, -0.15) is 5.10 Å². The monoisotopic (exact) mass is 296 g/mol. The van der Waals surface area contributed by atoms with Gasteiger partial charge < -0.3 is 9.84 Å². The largest absolute Gasteiger partial charge is 0.439 e. The second kappa shape index (κ2) is 4.89. The fourth-order valence-corrected chi connectivity index (χ4v) is 2.01. The van der Waals surface area contributed by atoms with Crippen LogP contribution < -0.4 is 4.74 Å². The van der Waals surface area contributed by atoms with Crippen molar-refractivity contribution >= 4 is 15.9 Å². The molecule has 0 bridgehead atoms. The molecule has 0 fully saturated rings. The Labute approximate surface area is 108 Å². The average Bonchev–Trinajstić information content (AvgIpc) is 2.53. The lowest BCUT2D eigenvalue weighted by Crippen LogP contribution is -1.97. The third-order valence-corrected chi connectivity index (χ3v) is 2.95. The van der Waals surface area contributed by atoms with Crippen LogP contribution in [0.4, 0.5) is 0 Å². The first kappa shape index (κ1) is 12.1. The Hall–Kier alpha value is -1.33. The third-order valence-electron chi connectivity index (χ3n) is 2.46. The summed E-state index contributed by atoms with van der Waals surface area (Å²) in [6.07, 6.45) is 0. The number of aliphatic hydroxyl groups is 1. The van der Waals surface area contributed by atoms with Crippen LogP contribution in [-0.4, -0.2) is 14.9 Å². The van der Waals surface area contributed by atoms with E-state index < -0.39 is 0 Å². The summed E-state index contributed by atoms with van der Waals surface area (Å²) in [5.41, 5.74) is 1.49. The van der Waals surface area contributed by atoms with Gasteiger partial charge in [0.1, 0.15) is 5.75 Å². The van der Waals surface area contributed by atoms with Crippen molar-refractivity contribution in [2.24, 2.45) is 7.05 Å². The lowest BCUT2D eigenvalue weighted by molar-refractivity contribution is 0.274. The molecule has 5 heteroatoms. The molecular weight excluding hydrogens is 284 g/mol. The maximum absolute atomic E-state index is 9.30. The fourth-order valence-electron chi connectivity index (χ4n) is 1.63. The SMILES string of the molecule is Cc1nn(C)c(Oc2cccc(Br)c2)c1CO. The first-order chi connectivity index (χ1) is 8.11. The summed E-state index contributed by atoms with van der Waals surface area (Å²) in [7, 11) is 1.79. The summed E-state index contributed by atoms with van der Waals surface area (Å²) < 4.78 is 8.31. The number of hydrogen-bond acceptors (Lipinski definition) is 3. The number of hydrogen-bond donors (Lipinski definition) is 1. The van der Waals surface area contributed by atoms with Gasteiger partial charge in [0, 0.05) is 11.5 Å². The smallest absolute Gasteiger partial charge is 0.223 e. The van der Waals surface area contributed by atoms with Crippen molar-refractivity contribution in [3.05, 3.63) is 40.0 Å². The van der Waals surface area contributed by atoms with Gasteiger partial charge in [-0.25, -0.2) is 4.68 Å². The second-order valence-corrected chi connectivity index (χ2v) is 4.63. The van der Waals surface area contributed by atoms with Crippen molar-refractivity contribution in [3.63, 3.8) is 0 Å². The van der Waals surface area contributed by atoms with E-state index in [2.05, 4.69) is 21.0 Å². The molecule has 0 aliphatic carbocycles. The highest BCUT2D eigenvalue weighted by Crippen LogP contribution is 2.28. The van der Waals surface area contributed by atoms with Crippen molar-refractivity contribution in [1.29, 1.82) is 0 Å². The van der Waals surface area contributed by atoms with Crippen LogP contribution in [0.1, 0.15) is 11.3 Å². The van der Waals surface area contributed by atoms with Crippen molar-refractivity contribution in [2.75, 3.05) is 0 Å². The molecule has 4 nitrogen and oxygen atoms in total. The lowest BCUT2D eigenvalue weighted by Gasteiger charge is -2.07. The molecule has 1 aromatic carbocycles. The van der Waals surface area contributed by atoms with Crippen LogP contribution in [0.2, 0.25) is 0 Å². The molecule has 0 radical (unpaired) electrons. The van der Waals surface area contributed by atoms with Gasteiger partial charge in [-0.15, -0.1) is 0 Å². The van der Waals surface area contributed by atoms with E-state index in [1.807, 2.05) is 31.2 Å². The molecule has 2 aromatic rings. The molecule has 0 aliphatic heterocycles. The van der Waals surface area contributed by atoms with Crippen LogP contribution >= 0.6 is 15.9 Å². The lowest BCUT2D eigenvalue weighted by atomic mass is 10.2. The highest BCUT2D eigenvalue weighted by Gasteiger charge is 2.14. The molecule has 0 unspecified atom stereocenters. The standard InChI is InChI=1S/C12H13BrN2O2/c1-8-11(7-16)12(15(2)14-8)17-10-5-3-4-9(13)6-10/h3-6,16H,7H2,1-2H3. The molecule has 0 saturated carbocycles. The number of aromatic nitrogens is 2. The van der Waals surface area contributed by atoms with E-state index in [4.69, 9.17) is 4.74 Å². The zero-order valence-corrected chi connectivity index (χ0v) is 11.2. The molecule has 2 rings (SSSR count). The Morgan fingerprint density at radius 3 is 2.88 bits per heavy atom. The number of benzene rings is 1. The Balaban J connectivity index is 2.36. The maximum Gasteiger partial charge on any atom is 0.223 e. The van der Waals surface area contributed by atoms with Crippen LogP contribution in [0, 0.1) is 6.92 Å². The molecule has 17 heavy (non-hydrogen) atoms. The average molecular weight is 297 g/mol. The van der Waals surface area contributed by atoms with Gasteiger partial charge in [0.05, 0.1) is 17.9 Å². The van der Waals surface area contributed by atoms with Crippen LogP contribution in [0.15, 0.2) is 28.7 Å². The van der Waals surface area contributed by atoms with E-state index in [0.717, 1.165) is 10.2 Å². The molecule has 0 amide bonds. The van der Waals surface area contributed by atoms with Gasteiger partial charge in [-0.05, 0) is 25.1 Å². The summed E-state index contributed by atoms with van der Waals surface area (Å²) >= 11 is 3.38. The first-order valence-corrected chi connectivity index (χ1v) is 5.98. The minimum absolute atomic E-state index is 0.0803. The quantitative estimate of drug-likeness (QED) is 0.947. The van der Waals surface area contributed by atoms with Crippen molar-refractivity contribution in [2.45, 2.75) is 13.5 Å². The number of aliphatic hydroxyl groups excluding tert-OH is 1.